The highest BCUT2D eigenvalue weighted by atomic mass is 32.1. The summed E-state index contributed by atoms with van der Waals surface area (Å²) in [5, 5.41) is 4.10. The van der Waals surface area contributed by atoms with Crippen molar-refractivity contribution < 1.29 is 0 Å². The Morgan fingerprint density at radius 3 is 2.56 bits per heavy atom. The topological polar surface area (TPSA) is 63.8 Å². The molecule has 0 fully saturated rings. The number of aromatic nitrogens is 2. The lowest BCUT2D eigenvalue weighted by Crippen LogP contribution is -2.02. The molecule has 0 radical (unpaired) electrons. The molecule has 0 unspecified atom stereocenters. The second-order valence-corrected chi connectivity index (χ2v) is 5.22. The number of rotatable bonds is 5. The summed E-state index contributed by atoms with van der Waals surface area (Å²) in [6.45, 7) is 4.86. The van der Waals surface area contributed by atoms with Gasteiger partial charge in [-0.25, -0.2) is 4.98 Å². The number of benzene rings is 1. The second kappa shape index (κ2) is 5.93. The maximum Gasteiger partial charge on any atom is 0.207 e. The minimum absolute atomic E-state index is 0.365. The van der Waals surface area contributed by atoms with Crippen LogP contribution in [0.3, 0.4) is 0 Å². The van der Waals surface area contributed by atoms with Gasteiger partial charge in [0.15, 0.2) is 0 Å². The molecule has 1 aromatic carbocycles. The number of hydrogen-bond donors (Lipinski definition) is 2. The lowest BCUT2D eigenvalue weighted by molar-refractivity contribution is 0.800. The molecular weight excluding hydrogens is 244 g/mol. The van der Waals surface area contributed by atoms with E-state index in [4.69, 9.17) is 5.73 Å². The van der Waals surface area contributed by atoms with Crippen molar-refractivity contribution in [1.82, 2.24) is 9.36 Å². The van der Waals surface area contributed by atoms with Crippen molar-refractivity contribution in [2.45, 2.75) is 26.2 Å². The molecule has 0 saturated heterocycles. The second-order valence-electron chi connectivity index (χ2n) is 4.47. The van der Waals surface area contributed by atoms with Gasteiger partial charge in [0.2, 0.25) is 5.13 Å². The molecule has 0 spiro atoms. The van der Waals surface area contributed by atoms with Crippen LogP contribution in [0.5, 0.6) is 0 Å². The first-order valence-corrected chi connectivity index (χ1v) is 6.86. The number of nitrogens with two attached hydrogens (primary N) is 1. The zero-order chi connectivity index (χ0) is 13.0. The van der Waals surface area contributed by atoms with Crippen LogP contribution in [0.15, 0.2) is 24.3 Å². The van der Waals surface area contributed by atoms with Gasteiger partial charge in [0.25, 0.3) is 0 Å². The maximum absolute atomic E-state index is 5.52. The molecule has 4 nitrogen and oxygen atoms in total. The average molecular weight is 262 g/mol. The quantitative estimate of drug-likeness (QED) is 0.869. The fourth-order valence-corrected chi connectivity index (χ4v) is 2.29. The van der Waals surface area contributed by atoms with Crippen molar-refractivity contribution in [3.05, 3.63) is 35.7 Å². The molecule has 3 N–H and O–H groups in total. The van der Waals surface area contributed by atoms with Gasteiger partial charge in [-0.2, -0.15) is 4.37 Å². The Morgan fingerprint density at radius 1 is 1.28 bits per heavy atom. The SMILES string of the molecule is CC(C)c1nsc(Nc2ccc(CCN)cc2)n1. The largest absolute Gasteiger partial charge is 0.330 e. The van der Waals surface area contributed by atoms with Crippen LogP contribution in [0, 0.1) is 0 Å². The predicted octanol–water partition coefficient (Wildman–Crippen LogP) is 2.91. The van der Waals surface area contributed by atoms with Crippen molar-refractivity contribution in [2.75, 3.05) is 11.9 Å². The van der Waals surface area contributed by atoms with Gasteiger partial charge in [0.05, 0.1) is 0 Å². The van der Waals surface area contributed by atoms with E-state index in [1.54, 1.807) is 0 Å². The molecule has 1 heterocycles. The molecule has 96 valence electrons. The lowest BCUT2D eigenvalue weighted by atomic mass is 10.1. The van der Waals surface area contributed by atoms with E-state index in [9.17, 15) is 0 Å². The normalized spacial score (nSPS) is 10.9. The van der Waals surface area contributed by atoms with Crippen molar-refractivity contribution >= 4 is 22.4 Å². The van der Waals surface area contributed by atoms with Crippen LogP contribution < -0.4 is 11.1 Å². The van der Waals surface area contributed by atoms with Gasteiger partial charge >= 0.3 is 0 Å². The summed E-state index contributed by atoms with van der Waals surface area (Å²) in [4.78, 5) is 4.44. The Morgan fingerprint density at radius 2 is 2.00 bits per heavy atom. The van der Waals surface area contributed by atoms with E-state index in [0.717, 1.165) is 23.1 Å². The minimum Gasteiger partial charge on any atom is -0.330 e. The van der Waals surface area contributed by atoms with Crippen LogP contribution in [0.2, 0.25) is 0 Å². The Kier molecular flexibility index (Phi) is 4.28. The molecule has 0 aliphatic rings. The Labute approximate surface area is 111 Å². The van der Waals surface area contributed by atoms with E-state index in [1.165, 1.54) is 17.1 Å². The summed E-state index contributed by atoms with van der Waals surface area (Å²) < 4.78 is 4.31. The fraction of sp³-hybridized carbons (Fsp3) is 0.385. The van der Waals surface area contributed by atoms with Crippen LogP contribution in [-0.4, -0.2) is 15.9 Å². The monoisotopic (exact) mass is 262 g/mol. The van der Waals surface area contributed by atoms with Crippen molar-refractivity contribution in [2.24, 2.45) is 5.73 Å². The number of hydrogen-bond acceptors (Lipinski definition) is 5. The van der Waals surface area contributed by atoms with E-state index in [-0.39, 0.29) is 0 Å². The fourth-order valence-electron chi connectivity index (χ4n) is 1.57. The molecule has 2 aromatic rings. The molecule has 0 amide bonds. The van der Waals surface area contributed by atoms with Crippen LogP contribution in [0.4, 0.5) is 10.8 Å². The van der Waals surface area contributed by atoms with Gasteiger partial charge in [-0.05, 0) is 30.7 Å². The van der Waals surface area contributed by atoms with E-state index in [2.05, 4.69) is 40.7 Å². The molecule has 0 atom stereocenters. The summed E-state index contributed by atoms with van der Waals surface area (Å²) in [5.74, 6) is 1.26. The first-order chi connectivity index (χ1) is 8.69. The molecule has 0 aliphatic heterocycles. The zero-order valence-corrected chi connectivity index (χ0v) is 11.5. The summed E-state index contributed by atoms with van der Waals surface area (Å²) in [6.07, 6.45) is 0.913. The van der Waals surface area contributed by atoms with Gasteiger partial charge < -0.3 is 11.1 Å². The summed E-state index contributed by atoms with van der Waals surface area (Å²) >= 11 is 1.39. The summed E-state index contributed by atoms with van der Waals surface area (Å²) in [7, 11) is 0. The van der Waals surface area contributed by atoms with Gasteiger partial charge in [0.1, 0.15) is 5.82 Å². The van der Waals surface area contributed by atoms with Crippen LogP contribution in [0.1, 0.15) is 31.2 Å². The third-order valence-electron chi connectivity index (χ3n) is 2.60. The highest BCUT2D eigenvalue weighted by Gasteiger charge is 2.07. The zero-order valence-electron chi connectivity index (χ0n) is 10.7. The number of nitrogens with zero attached hydrogens (tertiary/aromatic N) is 2. The summed E-state index contributed by atoms with van der Waals surface area (Å²) in [6, 6.07) is 8.25. The van der Waals surface area contributed by atoms with Crippen molar-refractivity contribution in [3.8, 4) is 0 Å². The molecule has 2 rings (SSSR count). The van der Waals surface area contributed by atoms with Crippen LogP contribution in [0.25, 0.3) is 0 Å². The molecule has 5 heteroatoms. The molecule has 18 heavy (non-hydrogen) atoms. The maximum atomic E-state index is 5.52. The van der Waals surface area contributed by atoms with E-state index < -0.39 is 0 Å². The smallest absolute Gasteiger partial charge is 0.207 e. The first kappa shape index (κ1) is 13.0. The molecule has 0 saturated carbocycles. The Bertz CT molecular complexity index is 490. The molecule has 0 bridgehead atoms. The van der Waals surface area contributed by atoms with Gasteiger partial charge in [-0.15, -0.1) is 0 Å². The van der Waals surface area contributed by atoms with E-state index in [0.29, 0.717) is 12.5 Å². The van der Waals surface area contributed by atoms with Crippen LogP contribution in [-0.2, 0) is 6.42 Å². The first-order valence-electron chi connectivity index (χ1n) is 6.08. The average Bonchev–Trinajstić information content (AvgIpc) is 2.81. The Hall–Kier alpha value is -1.46. The number of nitrogens with one attached hydrogen (secondary N) is 1. The van der Waals surface area contributed by atoms with Crippen molar-refractivity contribution in [3.63, 3.8) is 0 Å². The van der Waals surface area contributed by atoms with Crippen LogP contribution >= 0.6 is 11.5 Å². The minimum atomic E-state index is 0.365. The lowest BCUT2D eigenvalue weighted by Gasteiger charge is -2.03. The molecule has 1 aromatic heterocycles. The highest BCUT2D eigenvalue weighted by Crippen LogP contribution is 2.21. The van der Waals surface area contributed by atoms with Gasteiger partial charge in [0, 0.05) is 23.1 Å². The highest BCUT2D eigenvalue weighted by molar-refractivity contribution is 7.09. The van der Waals surface area contributed by atoms with Gasteiger partial charge in [-0.1, -0.05) is 26.0 Å². The third-order valence-corrected chi connectivity index (χ3v) is 3.24. The Balaban J connectivity index is 2.03. The van der Waals surface area contributed by atoms with Gasteiger partial charge in [-0.3, -0.25) is 0 Å². The van der Waals surface area contributed by atoms with E-state index >= 15 is 0 Å². The third kappa shape index (κ3) is 3.27. The van der Waals surface area contributed by atoms with Crippen molar-refractivity contribution in [1.29, 1.82) is 0 Å². The molecular formula is C13H18N4S. The standard InChI is InChI=1S/C13H18N4S/c1-9(2)12-16-13(18-17-12)15-11-5-3-10(4-6-11)7-8-14/h3-6,9H,7-8,14H2,1-2H3,(H,15,16,17). The van der Waals surface area contributed by atoms with E-state index in [1.807, 2.05) is 12.1 Å². The predicted molar refractivity (Wildman–Crippen MR) is 76.5 cm³/mol. The summed E-state index contributed by atoms with van der Waals surface area (Å²) in [5.41, 5.74) is 7.80. The number of anilines is 2. The molecule has 0 aliphatic carbocycles.